The van der Waals surface area contributed by atoms with Crippen LogP contribution in [0.3, 0.4) is 0 Å². The summed E-state index contributed by atoms with van der Waals surface area (Å²) in [5.74, 6) is 0.152. The molecule has 0 N–H and O–H groups in total. The first kappa shape index (κ1) is 15.6. The number of hydrogen-bond donors (Lipinski definition) is 0. The van der Waals surface area contributed by atoms with E-state index >= 15 is 0 Å². The van der Waals surface area contributed by atoms with Gasteiger partial charge in [-0.25, -0.2) is 4.79 Å². The van der Waals surface area contributed by atoms with Crippen LogP contribution in [0, 0.1) is 5.92 Å². The Morgan fingerprint density at radius 1 is 1.53 bits per heavy atom. The average Bonchev–Trinajstić information content (AvgIpc) is 2.34. The molecule has 0 aromatic rings. The van der Waals surface area contributed by atoms with Gasteiger partial charge in [0.15, 0.2) is 0 Å². The average molecular weight is 270 g/mol. The second-order valence-electron chi connectivity index (χ2n) is 5.66. The van der Waals surface area contributed by atoms with Gasteiger partial charge in [-0.3, -0.25) is 0 Å². The van der Waals surface area contributed by atoms with Gasteiger partial charge in [0, 0.05) is 25.1 Å². The fourth-order valence-corrected chi connectivity index (χ4v) is 2.07. The van der Waals surface area contributed by atoms with Crippen LogP contribution in [0.5, 0.6) is 0 Å². The van der Waals surface area contributed by atoms with Crippen LogP contribution in [0.4, 0.5) is 4.79 Å². The van der Waals surface area contributed by atoms with Crippen molar-refractivity contribution in [2.45, 2.75) is 38.9 Å². The normalized spacial score (nSPS) is 23.7. The smallest absolute Gasteiger partial charge is 0.410 e. The highest BCUT2D eigenvalue weighted by Gasteiger charge is 2.33. The zero-order chi connectivity index (χ0) is 14.5. The number of azide groups is 1. The van der Waals surface area contributed by atoms with E-state index < -0.39 is 5.60 Å². The largest absolute Gasteiger partial charge is 0.444 e. The second kappa shape index (κ2) is 6.63. The molecular weight excluding hydrogens is 248 g/mol. The van der Waals surface area contributed by atoms with Crippen molar-refractivity contribution in [2.75, 3.05) is 26.7 Å². The molecule has 0 radical (unpaired) electrons. The number of carbonyl (C=O) groups is 1. The molecule has 0 aromatic carbocycles. The number of ether oxygens (including phenoxy) is 2. The Balaban J connectivity index is 2.58. The third kappa shape index (κ3) is 4.96. The highest BCUT2D eigenvalue weighted by Crippen LogP contribution is 2.22. The SMILES string of the molecule is COC1CN(C(=O)OC(C)(C)C)CCC1CN=[N+]=[N-]. The summed E-state index contributed by atoms with van der Waals surface area (Å²) in [6.07, 6.45) is 0.306. The van der Waals surface area contributed by atoms with Crippen LogP contribution in [0.15, 0.2) is 5.11 Å². The lowest BCUT2D eigenvalue weighted by Gasteiger charge is -2.37. The van der Waals surface area contributed by atoms with Gasteiger partial charge in [-0.1, -0.05) is 5.11 Å². The van der Waals surface area contributed by atoms with Crippen LogP contribution < -0.4 is 0 Å². The van der Waals surface area contributed by atoms with Crippen LogP contribution in [0.25, 0.3) is 10.4 Å². The van der Waals surface area contributed by atoms with E-state index in [4.69, 9.17) is 15.0 Å². The lowest BCUT2D eigenvalue weighted by molar-refractivity contribution is -0.0266. The van der Waals surface area contributed by atoms with Gasteiger partial charge in [0.1, 0.15) is 5.60 Å². The first-order valence-electron chi connectivity index (χ1n) is 6.39. The van der Waals surface area contributed by atoms with Gasteiger partial charge < -0.3 is 14.4 Å². The van der Waals surface area contributed by atoms with E-state index in [1.54, 1.807) is 12.0 Å². The molecule has 0 saturated carbocycles. The lowest BCUT2D eigenvalue weighted by atomic mass is 9.94. The zero-order valence-electron chi connectivity index (χ0n) is 12.0. The Kier molecular flexibility index (Phi) is 5.44. The molecule has 1 fully saturated rings. The number of rotatable bonds is 3. The Morgan fingerprint density at radius 3 is 2.74 bits per heavy atom. The molecule has 1 rings (SSSR count). The van der Waals surface area contributed by atoms with Crippen molar-refractivity contribution in [3.63, 3.8) is 0 Å². The predicted molar refractivity (Wildman–Crippen MR) is 70.7 cm³/mol. The topological polar surface area (TPSA) is 87.5 Å². The number of likely N-dealkylation sites (tertiary alicyclic amines) is 1. The first-order valence-corrected chi connectivity index (χ1v) is 6.39. The van der Waals surface area contributed by atoms with Crippen LogP contribution >= 0.6 is 0 Å². The van der Waals surface area contributed by atoms with Gasteiger partial charge in [-0.05, 0) is 38.6 Å². The van der Waals surface area contributed by atoms with Crippen molar-refractivity contribution in [2.24, 2.45) is 11.0 Å². The molecule has 1 amide bonds. The Morgan fingerprint density at radius 2 is 2.21 bits per heavy atom. The van der Waals surface area contributed by atoms with E-state index in [0.717, 1.165) is 6.42 Å². The van der Waals surface area contributed by atoms with Crippen molar-refractivity contribution in [1.82, 2.24) is 4.90 Å². The monoisotopic (exact) mass is 270 g/mol. The summed E-state index contributed by atoms with van der Waals surface area (Å²) in [5.41, 5.74) is 7.86. The maximum absolute atomic E-state index is 12.0. The Hall–Kier alpha value is -1.46. The van der Waals surface area contributed by atoms with Gasteiger partial charge >= 0.3 is 6.09 Å². The molecule has 108 valence electrons. The van der Waals surface area contributed by atoms with Gasteiger partial charge in [0.2, 0.25) is 0 Å². The number of amides is 1. The summed E-state index contributed by atoms with van der Waals surface area (Å²) < 4.78 is 10.7. The summed E-state index contributed by atoms with van der Waals surface area (Å²) >= 11 is 0. The maximum Gasteiger partial charge on any atom is 0.410 e. The zero-order valence-corrected chi connectivity index (χ0v) is 12.0. The number of nitrogens with zero attached hydrogens (tertiary/aromatic N) is 4. The quantitative estimate of drug-likeness (QED) is 0.448. The predicted octanol–water partition coefficient (Wildman–Crippen LogP) is 2.57. The molecule has 7 heteroatoms. The second-order valence-corrected chi connectivity index (χ2v) is 5.66. The molecule has 0 aromatic heterocycles. The van der Waals surface area contributed by atoms with Crippen LogP contribution in [0.2, 0.25) is 0 Å². The number of piperidine rings is 1. The van der Waals surface area contributed by atoms with E-state index in [0.29, 0.717) is 19.6 Å². The van der Waals surface area contributed by atoms with Crippen molar-refractivity contribution in [3.05, 3.63) is 10.4 Å². The summed E-state index contributed by atoms with van der Waals surface area (Å²) in [6.45, 7) is 6.99. The third-order valence-corrected chi connectivity index (χ3v) is 3.03. The molecule has 1 heterocycles. The fourth-order valence-electron chi connectivity index (χ4n) is 2.07. The van der Waals surface area contributed by atoms with Crippen molar-refractivity contribution < 1.29 is 14.3 Å². The highest BCUT2D eigenvalue weighted by molar-refractivity contribution is 5.68. The van der Waals surface area contributed by atoms with Crippen LogP contribution in [0.1, 0.15) is 27.2 Å². The van der Waals surface area contributed by atoms with Gasteiger partial charge in [-0.2, -0.15) is 0 Å². The van der Waals surface area contributed by atoms with Crippen molar-refractivity contribution in [1.29, 1.82) is 0 Å². The molecule has 0 bridgehead atoms. The minimum Gasteiger partial charge on any atom is -0.444 e. The third-order valence-electron chi connectivity index (χ3n) is 3.03. The number of methoxy groups -OCH3 is 1. The van der Waals surface area contributed by atoms with Crippen LogP contribution in [-0.2, 0) is 9.47 Å². The summed E-state index contributed by atoms with van der Waals surface area (Å²) in [7, 11) is 1.60. The van der Waals surface area contributed by atoms with E-state index in [1.807, 2.05) is 20.8 Å². The number of hydrogen-bond acceptors (Lipinski definition) is 4. The molecule has 0 spiro atoms. The van der Waals surface area contributed by atoms with E-state index in [-0.39, 0.29) is 18.1 Å². The summed E-state index contributed by atoms with van der Waals surface area (Å²) in [4.78, 5) is 16.4. The van der Waals surface area contributed by atoms with Crippen LogP contribution in [-0.4, -0.2) is 49.4 Å². The molecule has 0 aliphatic carbocycles. The first-order chi connectivity index (χ1) is 8.87. The van der Waals surface area contributed by atoms with Gasteiger partial charge in [0.25, 0.3) is 0 Å². The van der Waals surface area contributed by atoms with Crippen molar-refractivity contribution in [3.8, 4) is 0 Å². The minimum absolute atomic E-state index is 0.119. The number of carbonyl (C=O) groups excluding carboxylic acids is 1. The molecule has 1 aliphatic rings. The van der Waals surface area contributed by atoms with E-state index in [2.05, 4.69) is 10.0 Å². The molecule has 19 heavy (non-hydrogen) atoms. The molecule has 7 nitrogen and oxygen atoms in total. The Labute approximate surface area is 113 Å². The lowest BCUT2D eigenvalue weighted by Crippen LogP contribution is -2.49. The molecular formula is C12H22N4O3. The highest BCUT2D eigenvalue weighted by atomic mass is 16.6. The van der Waals surface area contributed by atoms with Crippen molar-refractivity contribution >= 4 is 6.09 Å². The van der Waals surface area contributed by atoms with E-state index in [9.17, 15) is 4.79 Å². The standard InChI is InChI=1S/C12H22N4O3/c1-12(2,3)19-11(17)16-6-5-9(7-14-15-13)10(8-16)18-4/h9-10H,5-8H2,1-4H3. The molecule has 1 saturated heterocycles. The maximum atomic E-state index is 12.0. The van der Waals surface area contributed by atoms with Gasteiger partial charge in [-0.15, -0.1) is 0 Å². The molecule has 2 unspecified atom stereocenters. The minimum atomic E-state index is -0.498. The van der Waals surface area contributed by atoms with Gasteiger partial charge in [0.05, 0.1) is 12.6 Å². The molecule has 2 atom stereocenters. The molecule has 1 aliphatic heterocycles. The summed E-state index contributed by atoms with van der Waals surface area (Å²) in [5, 5.41) is 3.59. The van der Waals surface area contributed by atoms with E-state index in [1.165, 1.54) is 0 Å². The Bertz CT molecular complexity index is 360. The summed E-state index contributed by atoms with van der Waals surface area (Å²) in [6, 6.07) is 0. The fraction of sp³-hybridized carbons (Fsp3) is 0.917.